The van der Waals surface area contributed by atoms with Gasteiger partial charge in [-0.3, -0.25) is 9.69 Å². The number of para-hydroxylation sites is 2. The predicted octanol–water partition coefficient (Wildman–Crippen LogP) is 0.865. The zero-order valence-corrected chi connectivity index (χ0v) is 13.3. The summed E-state index contributed by atoms with van der Waals surface area (Å²) in [5.41, 5.74) is 0. The quantitative estimate of drug-likeness (QED) is 0.748. The van der Waals surface area contributed by atoms with Gasteiger partial charge in [-0.2, -0.15) is 0 Å². The van der Waals surface area contributed by atoms with Crippen molar-refractivity contribution in [3.63, 3.8) is 0 Å². The lowest BCUT2D eigenvalue weighted by Crippen LogP contribution is -2.42. The molecule has 2 rings (SSSR count). The minimum absolute atomic E-state index is 0.0139. The van der Waals surface area contributed by atoms with Gasteiger partial charge in [0, 0.05) is 33.2 Å². The van der Waals surface area contributed by atoms with E-state index in [-0.39, 0.29) is 12.5 Å². The zero-order valence-electron chi connectivity index (χ0n) is 13.3. The SMILES string of the molecule is COc1ccccc1OCC(=O)N(C)CCN1CCOCC1. The average molecular weight is 308 g/mol. The first kappa shape index (κ1) is 16.6. The van der Waals surface area contributed by atoms with E-state index in [2.05, 4.69) is 4.90 Å². The van der Waals surface area contributed by atoms with Crippen molar-refractivity contribution in [1.29, 1.82) is 0 Å². The van der Waals surface area contributed by atoms with Gasteiger partial charge in [0.05, 0.1) is 20.3 Å². The Labute approximate surface area is 131 Å². The van der Waals surface area contributed by atoms with E-state index in [4.69, 9.17) is 14.2 Å². The molecule has 1 aromatic rings. The topological polar surface area (TPSA) is 51.2 Å². The number of likely N-dealkylation sites (N-methyl/N-ethyl adjacent to an activating group) is 1. The van der Waals surface area contributed by atoms with E-state index in [1.807, 2.05) is 18.2 Å². The van der Waals surface area contributed by atoms with E-state index in [1.165, 1.54) is 0 Å². The van der Waals surface area contributed by atoms with Gasteiger partial charge in [-0.05, 0) is 12.1 Å². The van der Waals surface area contributed by atoms with E-state index in [1.54, 1.807) is 25.1 Å². The number of rotatable bonds is 7. The molecule has 1 amide bonds. The summed E-state index contributed by atoms with van der Waals surface area (Å²) in [6.45, 7) is 4.97. The maximum atomic E-state index is 12.1. The van der Waals surface area contributed by atoms with Crippen LogP contribution in [-0.4, -0.2) is 75.9 Å². The van der Waals surface area contributed by atoms with Gasteiger partial charge in [0.2, 0.25) is 0 Å². The Hall–Kier alpha value is -1.79. The van der Waals surface area contributed by atoms with Gasteiger partial charge < -0.3 is 19.1 Å². The minimum Gasteiger partial charge on any atom is -0.493 e. The molecule has 0 atom stereocenters. The predicted molar refractivity (Wildman–Crippen MR) is 83.4 cm³/mol. The molecule has 1 heterocycles. The maximum absolute atomic E-state index is 12.1. The molecule has 6 nitrogen and oxygen atoms in total. The van der Waals surface area contributed by atoms with E-state index in [9.17, 15) is 4.79 Å². The molecule has 1 aliphatic rings. The van der Waals surface area contributed by atoms with Gasteiger partial charge in [-0.25, -0.2) is 0 Å². The van der Waals surface area contributed by atoms with Crippen molar-refractivity contribution in [3.8, 4) is 11.5 Å². The standard InChI is InChI=1S/C16H24N2O4/c1-17(7-8-18-9-11-21-12-10-18)16(19)13-22-15-6-4-3-5-14(15)20-2/h3-6H,7-13H2,1-2H3. The number of amides is 1. The lowest BCUT2D eigenvalue weighted by Gasteiger charge is -2.28. The third-order valence-electron chi connectivity index (χ3n) is 3.70. The highest BCUT2D eigenvalue weighted by molar-refractivity contribution is 5.77. The molecular formula is C16H24N2O4. The van der Waals surface area contributed by atoms with Crippen LogP contribution in [0.3, 0.4) is 0 Å². The Morgan fingerprint density at radius 3 is 2.64 bits per heavy atom. The number of carbonyl (C=O) groups excluding carboxylic acids is 1. The van der Waals surface area contributed by atoms with Crippen LogP contribution in [-0.2, 0) is 9.53 Å². The van der Waals surface area contributed by atoms with Crippen LogP contribution in [0.1, 0.15) is 0 Å². The fourth-order valence-electron chi connectivity index (χ4n) is 2.23. The molecule has 22 heavy (non-hydrogen) atoms. The van der Waals surface area contributed by atoms with Crippen LogP contribution in [0, 0.1) is 0 Å². The molecule has 0 aromatic heterocycles. The average Bonchev–Trinajstić information content (AvgIpc) is 2.58. The molecule has 0 radical (unpaired) electrons. The van der Waals surface area contributed by atoms with Gasteiger partial charge in [0.1, 0.15) is 0 Å². The number of carbonyl (C=O) groups is 1. The van der Waals surface area contributed by atoms with E-state index >= 15 is 0 Å². The first-order chi connectivity index (χ1) is 10.7. The first-order valence-electron chi connectivity index (χ1n) is 7.50. The second-order valence-corrected chi connectivity index (χ2v) is 5.21. The molecule has 1 fully saturated rings. The van der Waals surface area contributed by atoms with Gasteiger partial charge >= 0.3 is 0 Å². The van der Waals surface area contributed by atoms with E-state index in [0.29, 0.717) is 18.0 Å². The molecule has 0 spiro atoms. The molecule has 1 aliphatic heterocycles. The highest BCUT2D eigenvalue weighted by Gasteiger charge is 2.14. The van der Waals surface area contributed by atoms with Crippen molar-refractivity contribution < 1.29 is 19.0 Å². The third kappa shape index (κ3) is 4.89. The van der Waals surface area contributed by atoms with Gasteiger partial charge in [0.15, 0.2) is 18.1 Å². The van der Waals surface area contributed by atoms with E-state index in [0.717, 1.165) is 32.8 Å². The fraction of sp³-hybridized carbons (Fsp3) is 0.562. The van der Waals surface area contributed by atoms with Crippen LogP contribution in [0.4, 0.5) is 0 Å². The molecule has 0 N–H and O–H groups in total. The first-order valence-corrected chi connectivity index (χ1v) is 7.50. The lowest BCUT2D eigenvalue weighted by molar-refractivity contribution is -0.132. The maximum Gasteiger partial charge on any atom is 0.260 e. The van der Waals surface area contributed by atoms with Crippen molar-refractivity contribution in [2.45, 2.75) is 0 Å². The smallest absolute Gasteiger partial charge is 0.260 e. The second-order valence-electron chi connectivity index (χ2n) is 5.21. The Morgan fingerprint density at radius 1 is 1.27 bits per heavy atom. The van der Waals surface area contributed by atoms with Crippen LogP contribution in [0.15, 0.2) is 24.3 Å². The number of methoxy groups -OCH3 is 1. The normalized spacial score (nSPS) is 15.4. The molecule has 1 saturated heterocycles. The van der Waals surface area contributed by atoms with E-state index < -0.39 is 0 Å². The molecular weight excluding hydrogens is 284 g/mol. The lowest BCUT2D eigenvalue weighted by atomic mass is 10.3. The Kier molecular flexibility index (Phi) is 6.48. The molecule has 1 aromatic carbocycles. The molecule has 6 heteroatoms. The highest BCUT2D eigenvalue weighted by Crippen LogP contribution is 2.25. The molecule has 0 bridgehead atoms. The van der Waals surface area contributed by atoms with Crippen LogP contribution >= 0.6 is 0 Å². The number of morpholine rings is 1. The number of hydrogen-bond donors (Lipinski definition) is 0. The second kappa shape index (κ2) is 8.60. The van der Waals surface area contributed by atoms with Crippen LogP contribution in [0.5, 0.6) is 11.5 Å². The summed E-state index contributed by atoms with van der Waals surface area (Å²) >= 11 is 0. The summed E-state index contributed by atoms with van der Waals surface area (Å²) in [6.07, 6.45) is 0. The largest absolute Gasteiger partial charge is 0.493 e. The molecule has 122 valence electrons. The molecule has 0 unspecified atom stereocenters. The molecule has 0 saturated carbocycles. The van der Waals surface area contributed by atoms with Gasteiger partial charge in [-0.1, -0.05) is 12.1 Å². The summed E-state index contributed by atoms with van der Waals surface area (Å²) in [7, 11) is 3.38. The number of ether oxygens (including phenoxy) is 3. The Morgan fingerprint density at radius 2 is 1.95 bits per heavy atom. The van der Waals surface area contributed by atoms with Crippen molar-refractivity contribution in [1.82, 2.24) is 9.80 Å². The highest BCUT2D eigenvalue weighted by atomic mass is 16.5. The minimum atomic E-state index is -0.0424. The summed E-state index contributed by atoms with van der Waals surface area (Å²) in [6, 6.07) is 7.31. The summed E-state index contributed by atoms with van der Waals surface area (Å²) < 4.78 is 16.1. The summed E-state index contributed by atoms with van der Waals surface area (Å²) in [4.78, 5) is 16.1. The van der Waals surface area contributed by atoms with Crippen molar-refractivity contribution in [2.75, 3.05) is 60.2 Å². The van der Waals surface area contributed by atoms with Crippen molar-refractivity contribution in [3.05, 3.63) is 24.3 Å². The third-order valence-corrected chi connectivity index (χ3v) is 3.70. The van der Waals surface area contributed by atoms with Crippen LogP contribution < -0.4 is 9.47 Å². The summed E-state index contributed by atoms with van der Waals surface area (Å²) in [5.74, 6) is 1.17. The van der Waals surface area contributed by atoms with Gasteiger partial charge in [-0.15, -0.1) is 0 Å². The number of hydrogen-bond acceptors (Lipinski definition) is 5. The zero-order chi connectivity index (χ0) is 15.8. The molecule has 0 aliphatic carbocycles. The Balaban J connectivity index is 1.73. The van der Waals surface area contributed by atoms with Crippen LogP contribution in [0.25, 0.3) is 0 Å². The van der Waals surface area contributed by atoms with Crippen molar-refractivity contribution in [2.24, 2.45) is 0 Å². The monoisotopic (exact) mass is 308 g/mol. The number of nitrogens with zero attached hydrogens (tertiary/aromatic N) is 2. The van der Waals surface area contributed by atoms with Gasteiger partial charge in [0.25, 0.3) is 5.91 Å². The number of benzene rings is 1. The fourth-order valence-corrected chi connectivity index (χ4v) is 2.23. The van der Waals surface area contributed by atoms with Crippen molar-refractivity contribution >= 4 is 5.91 Å². The Bertz CT molecular complexity index is 475. The van der Waals surface area contributed by atoms with Crippen LogP contribution in [0.2, 0.25) is 0 Å². The summed E-state index contributed by atoms with van der Waals surface area (Å²) in [5, 5.41) is 0.